The second-order valence-corrected chi connectivity index (χ2v) is 3.26. The minimum Gasteiger partial charge on any atom is -0.377 e. The minimum absolute atomic E-state index is 0.452. The fourth-order valence-electron chi connectivity index (χ4n) is 1.41. The summed E-state index contributed by atoms with van der Waals surface area (Å²) in [7, 11) is 2.09. The Morgan fingerprint density at radius 1 is 1.58 bits per heavy atom. The molecule has 0 aromatic rings. The zero-order chi connectivity index (χ0) is 8.81. The van der Waals surface area contributed by atoms with Crippen molar-refractivity contribution in [2.45, 2.75) is 25.9 Å². The van der Waals surface area contributed by atoms with Crippen LogP contribution in [0.2, 0.25) is 0 Å². The first-order chi connectivity index (χ1) is 5.83. The van der Waals surface area contributed by atoms with Crippen molar-refractivity contribution in [2.75, 3.05) is 26.7 Å². The highest BCUT2D eigenvalue weighted by molar-refractivity contribution is 4.97. The summed E-state index contributed by atoms with van der Waals surface area (Å²) in [5.74, 6) is 5.93. The van der Waals surface area contributed by atoms with E-state index >= 15 is 0 Å². The molecule has 1 fully saturated rings. The summed E-state index contributed by atoms with van der Waals surface area (Å²) in [6, 6.07) is 0. The molecule has 68 valence electrons. The summed E-state index contributed by atoms with van der Waals surface area (Å²) < 4.78 is 5.51. The molecule has 0 aromatic carbocycles. The SMILES string of the molecule is CC#CCN(C)C[C@H]1CCCO1. The van der Waals surface area contributed by atoms with E-state index in [1.807, 2.05) is 6.92 Å². The first-order valence-corrected chi connectivity index (χ1v) is 4.52. The average Bonchev–Trinajstić information content (AvgIpc) is 2.53. The van der Waals surface area contributed by atoms with Gasteiger partial charge in [0, 0.05) is 13.2 Å². The smallest absolute Gasteiger partial charge is 0.0703 e. The Labute approximate surface area is 74.9 Å². The number of rotatable bonds is 3. The van der Waals surface area contributed by atoms with Crippen LogP contribution in [0.3, 0.4) is 0 Å². The molecule has 1 rings (SSSR count). The molecule has 0 bridgehead atoms. The lowest BCUT2D eigenvalue weighted by atomic mass is 10.2. The van der Waals surface area contributed by atoms with Gasteiger partial charge >= 0.3 is 0 Å². The van der Waals surface area contributed by atoms with Crippen LogP contribution in [-0.4, -0.2) is 37.7 Å². The molecule has 1 saturated heterocycles. The number of ether oxygens (including phenoxy) is 1. The van der Waals surface area contributed by atoms with Gasteiger partial charge in [-0.05, 0) is 26.8 Å². The molecule has 0 aromatic heterocycles. The van der Waals surface area contributed by atoms with Crippen LogP contribution in [0.5, 0.6) is 0 Å². The zero-order valence-corrected chi connectivity index (χ0v) is 7.97. The Kier molecular flexibility index (Phi) is 4.13. The third kappa shape index (κ3) is 3.25. The number of nitrogens with zero attached hydrogens (tertiary/aromatic N) is 1. The van der Waals surface area contributed by atoms with Gasteiger partial charge in [0.1, 0.15) is 0 Å². The molecule has 1 aliphatic rings. The van der Waals surface area contributed by atoms with Crippen molar-refractivity contribution in [3.05, 3.63) is 0 Å². The Morgan fingerprint density at radius 2 is 2.42 bits per heavy atom. The van der Waals surface area contributed by atoms with Gasteiger partial charge in [0.05, 0.1) is 12.6 Å². The monoisotopic (exact) mass is 167 g/mol. The maximum atomic E-state index is 5.51. The van der Waals surface area contributed by atoms with Gasteiger partial charge in [0.15, 0.2) is 0 Å². The quantitative estimate of drug-likeness (QED) is 0.584. The highest BCUT2D eigenvalue weighted by Gasteiger charge is 2.16. The molecule has 0 spiro atoms. The van der Waals surface area contributed by atoms with Crippen molar-refractivity contribution in [3.8, 4) is 11.8 Å². The number of likely N-dealkylation sites (N-methyl/N-ethyl adjacent to an activating group) is 1. The van der Waals surface area contributed by atoms with Crippen LogP contribution in [-0.2, 0) is 4.74 Å². The summed E-state index contributed by atoms with van der Waals surface area (Å²) >= 11 is 0. The van der Waals surface area contributed by atoms with E-state index in [9.17, 15) is 0 Å². The van der Waals surface area contributed by atoms with Crippen molar-refractivity contribution in [3.63, 3.8) is 0 Å². The lowest BCUT2D eigenvalue weighted by molar-refractivity contribution is 0.0848. The van der Waals surface area contributed by atoms with Gasteiger partial charge in [-0.3, -0.25) is 4.90 Å². The van der Waals surface area contributed by atoms with Crippen LogP contribution in [0, 0.1) is 11.8 Å². The topological polar surface area (TPSA) is 12.5 Å². The molecular weight excluding hydrogens is 150 g/mol. The molecule has 1 atom stereocenters. The maximum Gasteiger partial charge on any atom is 0.0703 e. The van der Waals surface area contributed by atoms with E-state index in [2.05, 4.69) is 23.8 Å². The van der Waals surface area contributed by atoms with Crippen LogP contribution < -0.4 is 0 Å². The Bertz CT molecular complexity index is 174. The molecule has 1 aliphatic heterocycles. The fourth-order valence-corrected chi connectivity index (χ4v) is 1.41. The summed E-state index contributed by atoms with van der Waals surface area (Å²) in [4.78, 5) is 2.21. The lowest BCUT2D eigenvalue weighted by Gasteiger charge is -2.17. The van der Waals surface area contributed by atoms with Gasteiger partial charge in [0.25, 0.3) is 0 Å². The fraction of sp³-hybridized carbons (Fsp3) is 0.800. The van der Waals surface area contributed by atoms with Crippen LogP contribution >= 0.6 is 0 Å². The maximum absolute atomic E-state index is 5.51. The van der Waals surface area contributed by atoms with Gasteiger partial charge in [-0.15, -0.1) is 5.92 Å². The largest absolute Gasteiger partial charge is 0.377 e. The molecule has 2 heteroatoms. The van der Waals surface area contributed by atoms with Crippen LogP contribution in [0.15, 0.2) is 0 Å². The molecule has 0 unspecified atom stereocenters. The minimum atomic E-state index is 0.452. The summed E-state index contributed by atoms with van der Waals surface area (Å²) in [6.07, 6.45) is 2.88. The van der Waals surface area contributed by atoms with Crippen LogP contribution in [0.4, 0.5) is 0 Å². The third-order valence-electron chi connectivity index (χ3n) is 2.07. The zero-order valence-electron chi connectivity index (χ0n) is 7.97. The third-order valence-corrected chi connectivity index (χ3v) is 2.07. The molecular formula is C10H17NO. The first kappa shape index (κ1) is 9.57. The summed E-state index contributed by atoms with van der Waals surface area (Å²) in [5, 5.41) is 0. The van der Waals surface area contributed by atoms with E-state index in [-0.39, 0.29) is 0 Å². The first-order valence-electron chi connectivity index (χ1n) is 4.52. The van der Waals surface area contributed by atoms with Crippen molar-refractivity contribution in [1.82, 2.24) is 4.90 Å². The summed E-state index contributed by atoms with van der Waals surface area (Å²) in [5.41, 5.74) is 0. The molecule has 0 radical (unpaired) electrons. The van der Waals surface area contributed by atoms with Crippen LogP contribution in [0.1, 0.15) is 19.8 Å². The van der Waals surface area contributed by atoms with Gasteiger partial charge in [-0.1, -0.05) is 5.92 Å². The lowest BCUT2D eigenvalue weighted by Crippen LogP contribution is -2.28. The van der Waals surface area contributed by atoms with E-state index in [1.165, 1.54) is 12.8 Å². The molecule has 0 aliphatic carbocycles. The highest BCUT2D eigenvalue weighted by atomic mass is 16.5. The van der Waals surface area contributed by atoms with Crippen molar-refractivity contribution in [1.29, 1.82) is 0 Å². The summed E-state index contributed by atoms with van der Waals surface area (Å²) in [6.45, 7) is 4.70. The second kappa shape index (κ2) is 5.18. The van der Waals surface area contributed by atoms with Crippen LogP contribution in [0.25, 0.3) is 0 Å². The van der Waals surface area contributed by atoms with Crippen molar-refractivity contribution < 1.29 is 4.74 Å². The second-order valence-electron chi connectivity index (χ2n) is 3.26. The van der Waals surface area contributed by atoms with Gasteiger partial charge in [-0.2, -0.15) is 0 Å². The predicted molar refractivity (Wildman–Crippen MR) is 49.9 cm³/mol. The number of hydrogen-bond donors (Lipinski definition) is 0. The Morgan fingerprint density at radius 3 is 3.00 bits per heavy atom. The van der Waals surface area contributed by atoms with E-state index in [1.54, 1.807) is 0 Å². The van der Waals surface area contributed by atoms with E-state index in [0.717, 1.165) is 19.7 Å². The highest BCUT2D eigenvalue weighted by Crippen LogP contribution is 2.12. The van der Waals surface area contributed by atoms with E-state index < -0.39 is 0 Å². The molecule has 12 heavy (non-hydrogen) atoms. The van der Waals surface area contributed by atoms with E-state index in [0.29, 0.717) is 6.10 Å². The molecule has 2 nitrogen and oxygen atoms in total. The Balaban J connectivity index is 2.14. The van der Waals surface area contributed by atoms with Gasteiger partial charge in [-0.25, -0.2) is 0 Å². The van der Waals surface area contributed by atoms with Crippen molar-refractivity contribution >= 4 is 0 Å². The van der Waals surface area contributed by atoms with Crippen molar-refractivity contribution in [2.24, 2.45) is 0 Å². The molecule has 0 N–H and O–H groups in total. The number of hydrogen-bond acceptors (Lipinski definition) is 2. The standard InChI is InChI=1S/C10H17NO/c1-3-4-7-11(2)9-10-6-5-8-12-10/h10H,5-9H2,1-2H3/t10-/m1/s1. The predicted octanol–water partition coefficient (Wildman–Crippen LogP) is 1.12. The molecule has 0 amide bonds. The molecule has 0 saturated carbocycles. The normalized spacial score (nSPS) is 22.4. The van der Waals surface area contributed by atoms with E-state index in [4.69, 9.17) is 4.74 Å². The Hall–Kier alpha value is -0.520. The average molecular weight is 167 g/mol. The van der Waals surface area contributed by atoms with Gasteiger partial charge in [0.2, 0.25) is 0 Å². The molecule has 1 heterocycles. The van der Waals surface area contributed by atoms with Gasteiger partial charge < -0.3 is 4.74 Å².